The van der Waals surface area contributed by atoms with Crippen LogP contribution in [0.1, 0.15) is 26.7 Å². The van der Waals surface area contributed by atoms with E-state index in [0.717, 1.165) is 0 Å². The Morgan fingerprint density at radius 3 is 2.57 bits per heavy atom. The van der Waals surface area contributed by atoms with Gasteiger partial charge in [-0.15, -0.1) is 13.2 Å². The number of hydrogen-bond acceptors (Lipinski definition) is 1. The van der Waals surface area contributed by atoms with Crippen LogP contribution in [0.5, 0.6) is 0 Å². The van der Waals surface area contributed by atoms with Crippen LogP contribution in [0.25, 0.3) is 0 Å². The van der Waals surface area contributed by atoms with Crippen molar-refractivity contribution in [2.24, 2.45) is 0 Å². The van der Waals surface area contributed by atoms with Crippen molar-refractivity contribution < 1.29 is 0 Å². The summed E-state index contributed by atoms with van der Waals surface area (Å²) < 4.78 is 0. The Labute approximate surface area is 87.9 Å². The number of hydrogen-bond donors (Lipinski definition) is 1. The van der Waals surface area contributed by atoms with Crippen LogP contribution in [0.15, 0.2) is 49.2 Å². The average Bonchev–Trinajstić information content (AvgIpc) is 2.59. The van der Waals surface area contributed by atoms with E-state index < -0.39 is 0 Å². The zero-order chi connectivity index (χ0) is 11.0. The highest BCUT2D eigenvalue weighted by Gasteiger charge is 2.16. The van der Waals surface area contributed by atoms with Gasteiger partial charge in [-0.2, -0.15) is 0 Å². The molecule has 0 radical (unpaired) electrons. The molecular formula is C13H21N. The zero-order valence-corrected chi connectivity index (χ0v) is 9.34. The minimum Gasteiger partial charge on any atom is -0.382 e. The van der Waals surface area contributed by atoms with Crippen molar-refractivity contribution in [1.29, 1.82) is 0 Å². The molecule has 1 N–H and O–H groups in total. The first-order valence-electron chi connectivity index (χ1n) is 5.03. The molecule has 1 heteroatoms. The highest BCUT2D eigenvalue weighted by molar-refractivity contribution is 5.30. The molecule has 78 valence electrons. The summed E-state index contributed by atoms with van der Waals surface area (Å²) in [6.45, 7) is 14.0. The van der Waals surface area contributed by atoms with Crippen molar-refractivity contribution in [1.82, 2.24) is 5.32 Å². The second-order valence-electron chi connectivity index (χ2n) is 3.24. The van der Waals surface area contributed by atoms with E-state index in [1.165, 1.54) is 24.1 Å². The van der Waals surface area contributed by atoms with E-state index in [1.54, 1.807) is 6.08 Å². The van der Waals surface area contributed by atoms with E-state index in [9.17, 15) is 0 Å². The molecule has 1 nitrogen and oxygen atoms in total. The van der Waals surface area contributed by atoms with E-state index in [1.807, 2.05) is 6.08 Å². The highest BCUT2D eigenvalue weighted by Crippen LogP contribution is 2.20. The van der Waals surface area contributed by atoms with Crippen molar-refractivity contribution in [3.05, 3.63) is 49.2 Å². The molecule has 1 rings (SSSR count). The summed E-state index contributed by atoms with van der Waals surface area (Å²) in [5.41, 5.74) is 2.74. The largest absolute Gasteiger partial charge is 0.382 e. The van der Waals surface area contributed by atoms with Crippen molar-refractivity contribution in [2.45, 2.75) is 32.7 Å². The molecule has 0 bridgehead atoms. The van der Waals surface area contributed by atoms with Gasteiger partial charge < -0.3 is 5.32 Å². The van der Waals surface area contributed by atoms with Crippen LogP contribution < -0.4 is 5.32 Å². The zero-order valence-electron chi connectivity index (χ0n) is 9.34. The quantitative estimate of drug-likeness (QED) is 0.531. The normalized spacial score (nSPS) is 20.3. The van der Waals surface area contributed by atoms with Gasteiger partial charge in [0.25, 0.3) is 0 Å². The van der Waals surface area contributed by atoms with Gasteiger partial charge in [-0.1, -0.05) is 25.7 Å². The monoisotopic (exact) mass is 191 g/mol. The molecule has 0 amide bonds. The lowest BCUT2D eigenvalue weighted by atomic mass is 10.1. The fourth-order valence-corrected chi connectivity index (χ4v) is 1.47. The third kappa shape index (κ3) is 3.65. The van der Waals surface area contributed by atoms with Gasteiger partial charge in [-0.25, -0.2) is 0 Å². The number of nitrogens with one attached hydrogen (secondary N) is 1. The Balaban J connectivity index is 0.000000791. The average molecular weight is 191 g/mol. The summed E-state index contributed by atoms with van der Waals surface area (Å²) in [6.07, 6.45) is 8.26. The summed E-state index contributed by atoms with van der Waals surface area (Å²) in [4.78, 5) is 0. The fraction of sp³-hybridized carbons (Fsp3) is 0.385. The fourth-order valence-electron chi connectivity index (χ4n) is 1.47. The number of rotatable bonds is 3. The van der Waals surface area contributed by atoms with Crippen molar-refractivity contribution in [3.63, 3.8) is 0 Å². The van der Waals surface area contributed by atoms with Gasteiger partial charge in [-0.3, -0.25) is 0 Å². The lowest BCUT2D eigenvalue weighted by molar-refractivity contribution is 0.594. The molecule has 0 saturated heterocycles. The molecule has 0 aromatic heterocycles. The Morgan fingerprint density at radius 2 is 2.14 bits per heavy atom. The third-order valence-corrected chi connectivity index (χ3v) is 2.26. The first kappa shape index (κ1) is 12.8. The molecule has 1 heterocycles. The lowest BCUT2D eigenvalue weighted by Crippen LogP contribution is -2.20. The van der Waals surface area contributed by atoms with Crippen molar-refractivity contribution >= 4 is 0 Å². The summed E-state index contributed by atoms with van der Waals surface area (Å²) in [6, 6.07) is 0.648. The lowest BCUT2D eigenvalue weighted by Gasteiger charge is -2.07. The third-order valence-electron chi connectivity index (χ3n) is 2.26. The molecule has 0 saturated carbocycles. The van der Waals surface area contributed by atoms with Crippen molar-refractivity contribution in [2.75, 3.05) is 0 Å². The maximum absolute atomic E-state index is 3.65. The smallest absolute Gasteiger partial charge is 0.0332 e. The van der Waals surface area contributed by atoms with Crippen LogP contribution >= 0.6 is 0 Å². The Morgan fingerprint density at radius 1 is 1.50 bits per heavy atom. The second kappa shape index (κ2) is 7.19. The van der Waals surface area contributed by atoms with E-state index in [4.69, 9.17) is 0 Å². The summed E-state index contributed by atoms with van der Waals surface area (Å²) in [5, 5.41) is 3.47. The molecule has 1 aliphatic heterocycles. The van der Waals surface area contributed by atoms with E-state index in [0.29, 0.717) is 6.04 Å². The maximum atomic E-state index is 3.65. The minimum atomic E-state index is 0.648. The number of allylic oxidation sites excluding steroid dienone is 3. The standard InChI is InChI=1S/C11H17N.C2H4/c1-4-6-7-11-9(3)8-10(5-2)12-11;1-2/h4,6-7,10,12H,1,5,8H2,2-3H3;1-2H2/b7-6-;. The summed E-state index contributed by atoms with van der Waals surface area (Å²) >= 11 is 0. The molecule has 1 aliphatic rings. The molecular weight excluding hydrogens is 170 g/mol. The van der Waals surface area contributed by atoms with Gasteiger partial charge in [0.15, 0.2) is 0 Å². The van der Waals surface area contributed by atoms with E-state index in [2.05, 4.69) is 45.0 Å². The molecule has 0 aromatic carbocycles. The predicted octanol–water partition coefficient (Wildman–Crippen LogP) is 3.58. The Hall–Kier alpha value is -1.24. The van der Waals surface area contributed by atoms with E-state index in [-0.39, 0.29) is 0 Å². The van der Waals surface area contributed by atoms with Gasteiger partial charge in [-0.05, 0) is 31.4 Å². The van der Waals surface area contributed by atoms with Crippen molar-refractivity contribution in [3.8, 4) is 0 Å². The maximum Gasteiger partial charge on any atom is 0.0332 e. The van der Waals surface area contributed by atoms with Gasteiger partial charge in [0, 0.05) is 11.7 Å². The molecule has 0 fully saturated rings. The Bertz CT molecular complexity index is 236. The summed E-state index contributed by atoms with van der Waals surface area (Å²) in [5.74, 6) is 0. The molecule has 1 unspecified atom stereocenters. The molecule has 14 heavy (non-hydrogen) atoms. The van der Waals surface area contributed by atoms with Gasteiger partial charge in [0.05, 0.1) is 0 Å². The molecule has 1 atom stereocenters. The Kier molecular flexibility index (Phi) is 6.55. The van der Waals surface area contributed by atoms with Gasteiger partial charge in [0.1, 0.15) is 0 Å². The molecule has 0 aliphatic carbocycles. The van der Waals surface area contributed by atoms with Crippen LogP contribution in [-0.4, -0.2) is 6.04 Å². The molecule has 0 aromatic rings. The summed E-state index contributed by atoms with van der Waals surface area (Å²) in [7, 11) is 0. The van der Waals surface area contributed by atoms with Crippen LogP contribution in [0.3, 0.4) is 0 Å². The van der Waals surface area contributed by atoms with Crippen LogP contribution in [0.4, 0.5) is 0 Å². The van der Waals surface area contributed by atoms with Gasteiger partial charge in [0.2, 0.25) is 0 Å². The minimum absolute atomic E-state index is 0.648. The van der Waals surface area contributed by atoms with Gasteiger partial charge >= 0.3 is 0 Å². The van der Waals surface area contributed by atoms with E-state index >= 15 is 0 Å². The first-order valence-corrected chi connectivity index (χ1v) is 5.03. The highest BCUT2D eigenvalue weighted by atomic mass is 14.9. The predicted molar refractivity (Wildman–Crippen MR) is 65.1 cm³/mol. The molecule has 0 spiro atoms. The van der Waals surface area contributed by atoms with Crippen LogP contribution in [-0.2, 0) is 0 Å². The topological polar surface area (TPSA) is 12.0 Å². The van der Waals surface area contributed by atoms with Crippen LogP contribution in [0.2, 0.25) is 0 Å². The SMILES string of the molecule is C=C.C=C/C=C\C1=C(C)CC(CC)N1. The van der Waals surface area contributed by atoms with Crippen LogP contribution in [0, 0.1) is 0 Å². The second-order valence-corrected chi connectivity index (χ2v) is 3.24. The first-order chi connectivity index (χ1) is 6.77.